The van der Waals surface area contributed by atoms with Crippen molar-refractivity contribution in [1.82, 2.24) is 4.57 Å². The molecule has 3 aromatic carbocycles. The van der Waals surface area contributed by atoms with Crippen molar-refractivity contribution < 1.29 is 19.4 Å². The smallest absolute Gasteiger partial charge is 0.303 e. The Bertz CT molecular complexity index is 1270. The summed E-state index contributed by atoms with van der Waals surface area (Å²) in [5.74, 6) is -0.0404. The minimum Gasteiger partial charge on any atom is -0.489 e. The molecule has 0 aliphatic carbocycles. The van der Waals surface area contributed by atoms with E-state index in [2.05, 4.69) is 60.2 Å². The molecule has 1 atom stereocenters. The van der Waals surface area contributed by atoms with Gasteiger partial charge < -0.3 is 19.1 Å². The van der Waals surface area contributed by atoms with E-state index < -0.39 is 5.97 Å². The van der Waals surface area contributed by atoms with E-state index in [-0.39, 0.29) is 12.3 Å². The van der Waals surface area contributed by atoms with E-state index in [4.69, 9.17) is 14.6 Å². The van der Waals surface area contributed by atoms with Crippen molar-refractivity contribution >= 4 is 16.9 Å². The summed E-state index contributed by atoms with van der Waals surface area (Å²) in [5.41, 5.74) is 6.98. The van der Waals surface area contributed by atoms with Gasteiger partial charge in [0.25, 0.3) is 0 Å². The van der Waals surface area contributed by atoms with Gasteiger partial charge in [-0.25, -0.2) is 0 Å². The second-order valence-corrected chi connectivity index (χ2v) is 8.84. The van der Waals surface area contributed by atoms with Crippen LogP contribution in [0.1, 0.15) is 47.1 Å². The number of aryl methyl sites for hydroxylation is 1. The van der Waals surface area contributed by atoms with E-state index >= 15 is 0 Å². The highest BCUT2D eigenvalue weighted by atomic mass is 16.5. The number of carbonyl (C=O) groups is 1. The quantitative estimate of drug-likeness (QED) is 0.303. The SMILES string of the molecule is COCc1cccc(Cn2ccc3ccc(COc4ccc(C(C)CC(=O)O)cc4)c(C)c32)c1. The van der Waals surface area contributed by atoms with Gasteiger partial charge in [0.15, 0.2) is 0 Å². The summed E-state index contributed by atoms with van der Waals surface area (Å²) in [5, 5.41) is 10.2. The topological polar surface area (TPSA) is 60.7 Å². The summed E-state index contributed by atoms with van der Waals surface area (Å²) in [6.07, 6.45) is 2.26. The Morgan fingerprint density at radius 3 is 2.50 bits per heavy atom. The molecule has 4 rings (SSSR count). The molecule has 0 radical (unpaired) electrons. The summed E-state index contributed by atoms with van der Waals surface area (Å²) in [7, 11) is 1.72. The lowest BCUT2D eigenvalue weighted by Gasteiger charge is -2.14. The fourth-order valence-corrected chi connectivity index (χ4v) is 4.43. The largest absolute Gasteiger partial charge is 0.489 e. The van der Waals surface area contributed by atoms with Crippen LogP contribution in [0, 0.1) is 6.92 Å². The molecular weight excluding hydrogens is 426 g/mol. The van der Waals surface area contributed by atoms with Gasteiger partial charge in [0.2, 0.25) is 0 Å². The number of benzene rings is 3. The van der Waals surface area contributed by atoms with E-state index in [0.717, 1.165) is 23.4 Å². The van der Waals surface area contributed by atoms with E-state index in [1.54, 1.807) is 7.11 Å². The molecule has 176 valence electrons. The van der Waals surface area contributed by atoms with Crippen molar-refractivity contribution in [2.45, 2.75) is 45.9 Å². The molecule has 1 unspecified atom stereocenters. The average molecular weight is 458 g/mol. The number of ether oxygens (including phenoxy) is 2. The Balaban J connectivity index is 1.49. The molecule has 0 saturated heterocycles. The van der Waals surface area contributed by atoms with Gasteiger partial charge >= 0.3 is 5.97 Å². The van der Waals surface area contributed by atoms with Crippen molar-refractivity contribution in [2.24, 2.45) is 0 Å². The predicted octanol–water partition coefficient (Wildman–Crippen LogP) is 6.30. The summed E-state index contributed by atoms with van der Waals surface area (Å²) >= 11 is 0. The lowest BCUT2D eigenvalue weighted by molar-refractivity contribution is -0.137. The number of carboxylic acid groups (broad SMARTS) is 1. The first kappa shape index (κ1) is 23.6. The van der Waals surface area contributed by atoms with Crippen LogP contribution in [0.2, 0.25) is 0 Å². The Morgan fingerprint density at radius 1 is 1.00 bits per heavy atom. The number of methoxy groups -OCH3 is 1. The number of aromatic nitrogens is 1. The fraction of sp³-hybridized carbons (Fsp3) is 0.276. The minimum absolute atomic E-state index is 0.0285. The zero-order chi connectivity index (χ0) is 24.1. The van der Waals surface area contributed by atoms with Crippen LogP contribution >= 0.6 is 0 Å². The van der Waals surface area contributed by atoms with Crippen LogP contribution in [0.5, 0.6) is 5.75 Å². The standard InChI is InChI=1S/C29H31NO4/c1-20(15-28(31)32)24-9-11-27(12-10-24)34-19-26-8-7-25-13-14-30(29(25)21(26)2)17-22-5-4-6-23(16-22)18-33-3/h4-14,16,20H,15,17-19H2,1-3H3,(H,31,32). The molecule has 0 spiro atoms. The molecule has 5 heteroatoms. The van der Waals surface area contributed by atoms with Crippen LogP contribution in [0.4, 0.5) is 0 Å². The first-order valence-electron chi connectivity index (χ1n) is 11.5. The minimum atomic E-state index is -0.786. The number of nitrogens with zero attached hydrogens (tertiary/aromatic N) is 1. The summed E-state index contributed by atoms with van der Waals surface area (Å²) in [4.78, 5) is 11.0. The van der Waals surface area contributed by atoms with E-state index in [1.807, 2.05) is 31.2 Å². The molecule has 1 N–H and O–H groups in total. The van der Waals surface area contributed by atoms with E-state index in [9.17, 15) is 4.79 Å². The van der Waals surface area contributed by atoms with Crippen molar-refractivity contribution in [3.8, 4) is 5.75 Å². The van der Waals surface area contributed by atoms with Crippen molar-refractivity contribution in [1.29, 1.82) is 0 Å². The van der Waals surface area contributed by atoms with Crippen LogP contribution in [-0.2, 0) is 29.3 Å². The fourth-order valence-electron chi connectivity index (χ4n) is 4.43. The van der Waals surface area contributed by atoms with Gasteiger partial charge in [0.05, 0.1) is 18.5 Å². The highest BCUT2D eigenvalue weighted by molar-refractivity contribution is 5.84. The highest BCUT2D eigenvalue weighted by Gasteiger charge is 2.12. The zero-order valence-electron chi connectivity index (χ0n) is 20.0. The first-order valence-corrected chi connectivity index (χ1v) is 11.5. The molecule has 0 fully saturated rings. The number of carboxylic acids is 1. The molecule has 5 nitrogen and oxygen atoms in total. The van der Waals surface area contributed by atoms with Crippen molar-refractivity contribution in [2.75, 3.05) is 7.11 Å². The summed E-state index contributed by atoms with van der Waals surface area (Å²) < 4.78 is 13.6. The number of rotatable bonds is 10. The zero-order valence-corrected chi connectivity index (χ0v) is 20.0. The maximum Gasteiger partial charge on any atom is 0.303 e. The van der Waals surface area contributed by atoms with Crippen molar-refractivity contribution in [3.05, 3.63) is 101 Å². The maximum atomic E-state index is 11.0. The van der Waals surface area contributed by atoms with Gasteiger partial charge in [-0.05, 0) is 64.2 Å². The van der Waals surface area contributed by atoms with E-state index in [1.165, 1.54) is 27.6 Å². The summed E-state index contributed by atoms with van der Waals surface area (Å²) in [6, 6.07) is 22.7. The molecule has 1 heterocycles. The molecule has 0 amide bonds. The molecule has 4 aromatic rings. The number of aliphatic carboxylic acids is 1. The maximum absolute atomic E-state index is 11.0. The van der Waals surface area contributed by atoms with Gasteiger partial charge in [-0.2, -0.15) is 0 Å². The molecule has 34 heavy (non-hydrogen) atoms. The van der Waals surface area contributed by atoms with E-state index in [0.29, 0.717) is 13.2 Å². The molecule has 0 aliphatic rings. The van der Waals surface area contributed by atoms with Gasteiger partial charge in [-0.15, -0.1) is 0 Å². The molecular formula is C29H31NO4. The van der Waals surface area contributed by atoms with Gasteiger partial charge in [-0.3, -0.25) is 4.79 Å². The molecule has 0 saturated carbocycles. The molecule has 1 aromatic heterocycles. The summed E-state index contributed by atoms with van der Waals surface area (Å²) in [6.45, 7) is 5.95. The van der Waals surface area contributed by atoms with Crippen LogP contribution in [0.3, 0.4) is 0 Å². The predicted molar refractivity (Wildman–Crippen MR) is 134 cm³/mol. The Labute approximate surface area is 200 Å². The lowest BCUT2D eigenvalue weighted by Crippen LogP contribution is -2.04. The third-order valence-electron chi connectivity index (χ3n) is 6.28. The third-order valence-corrected chi connectivity index (χ3v) is 6.28. The second-order valence-electron chi connectivity index (χ2n) is 8.84. The Hall–Kier alpha value is -3.57. The monoisotopic (exact) mass is 457 g/mol. The van der Waals surface area contributed by atoms with Crippen molar-refractivity contribution in [3.63, 3.8) is 0 Å². The van der Waals surface area contributed by atoms with Gasteiger partial charge in [0, 0.05) is 19.9 Å². The van der Waals surface area contributed by atoms with Crippen LogP contribution in [-0.4, -0.2) is 22.8 Å². The molecule has 0 aliphatic heterocycles. The first-order chi connectivity index (χ1) is 16.4. The Morgan fingerprint density at radius 2 is 1.76 bits per heavy atom. The van der Waals surface area contributed by atoms with Gasteiger partial charge in [0.1, 0.15) is 12.4 Å². The normalized spacial score (nSPS) is 12.1. The third kappa shape index (κ3) is 5.49. The average Bonchev–Trinajstić information content (AvgIpc) is 3.22. The number of fused-ring (bicyclic) bond motifs is 1. The lowest BCUT2D eigenvalue weighted by atomic mass is 9.98. The van der Waals surface area contributed by atoms with Crippen LogP contribution < -0.4 is 4.74 Å². The number of hydrogen-bond acceptors (Lipinski definition) is 3. The van der Waals surface area contributed by atoms with Crippen LogP contribution in [0.25, 0.3) is 10.9 Å². The van der Waals surface area contributed by atoms with Gasteiger partial charge in [-0.1, -0.05) is 55.5 Å². The number of hydrogen-bond donors (Lipinski definition) is 1. The second kappa shape index (κ2) is 10.6. The Kier molecular flexibility index (Phi) is 7.33. The highest BCUT2D eigenvalue weighted by Crippen LogP contribution is 2.27. The van der Waals surface area contributed by atoms with Crippen LogP contribution in [0.15, 0.2) is 72.9 Å². The molecule has 0 bridgehead atoms.